The molecule has 1 aliphatic heterocycles. The lowest BCUT2D eigenvalue weighted by Gasteiger charge is -2.70. The molecule has 4 bridgehead atoms. The molecule has 7 aliphatic carbocycles. The van der Waals surface area contributed by atoms with Gasteiger partial charge in [0.2, 0.25) is 0 Å². The van der Waals surface area contributed by atoms with Crippen molar-refractivity contribution in [3.8, 4) is 11.8 Å². The van der Waals surface area contributed by atoms with Gasteiger partial charge in [0.15, 0.2) is 0 Å². The molecule has 5 fully saturated rings. The number of carbonyl (C=O) groups excluding carboxylic acids is 2. The summed E-state index contributed by atoms with van der Waals surface area (Å²) >= 11 is 0. The summed E-state index contributed by atoms with van der Waals surface area (Å²) in [7, 11) is 1.86. The molecule has 1 aromatic rings. The highest BCUT2D eigenvalue weighted by molar-refractivity contribution is 5.87. The summed E-state index contributed by atoms with van der Waals surface area (Å²) in [5.74, 6) is 4.86. The number of esters is 1. The van der Waals surface area contributed by atoms with Gasteiger partial charge in [-0.15, -0.1) is 0 Å². The number of aliphatic hydroxyl groups is 6. The van der Waals surface area contributed by atoms with Crippen molar-refractivity contribution in [2.75, 3.05) is 13.7 Å². The molecule has 1 spiro atoms. The first-order valence-corrected chi connectivity index (χ1v) is 18.2. The Balaban J connectivity index is 1.34. The third-order valence-corrected chi connectivity index (χ3v) is 15.3. The van der Waals surface area contributed by atoms with Crippen LogP contribution in [-0.2, 0) is 27.4 Å². The molecule has 0 saturated heterocycles. The number of aldehydes is 1. The molecular formula is C39H49NO9. The van der Waals surface area contributed by atoms with E-state index in [4.69, 9.17) is 4.74 Å². The van der Waals surface area contributed by atoms with E-state index in [-0.39, 0.29) is 63.2 Å². The van der Waals surface area contributed by atoms with E-state index in [1.807, 2.05) is 25.2 Å². The molecule has 10 nitrogen and oxygen atoms in total. The van der Waals surface area contributed by atoms with Crippen LogP contribution in [0.3, 0.4) is 0 Å². The van der Waals surface area contributed by atoms with E-state index in [1.54, 1.807) is 0 Å². The van der Waals surface area contributed by atoms with Gasteiger partial charge in [-0.2, -0.15) is 0 Å². The van der Waals surface area contributed by atoms with Gasteiger partial charge < -0.3 is 45.5 Å². The zero-order valence-electron chi connectivity index (χ0n) is 28.2. The normalized spacial score (nSPS) is 48.1. The Bertz CT molecular complexity index is 1670. The summed E-state index contributed by atoms with van der Waals surface area (Å²) < 4.78 is 6.12. The zero-order chi connectivity index (χ0) is 34.6. The van der Waals surface area contributed by atoms with Crippen LogP contribution in [0, 0.1) is 45.8 Å². The molecule has 49 heavy (non-hydrogen) atoms. The lowest BCUT2D eigenvalue weighted by atomic mass is 9.37. The first kappa shape index (κ1) is 33.5. The summed E-state index contributed by atoms with van der Waals surface area (Å²) in [6, 6.07) is 5.50. The zero-order valence-corrected chi connectivity index (χ0v) is 28.2. The molecule has 0 aromatic heterocycles. The Labute approximate surface area is 286 Å². The van der Waals surface area contributed by atoms with E-state index in [9.17, 15) is 40.2 Å². The van der Waals surface area contributed by atoms with Gasteiger partial charge in [0.25, 0.3) is 0 Å². The highest BCUT2D eigenvalue weighted by atomic mass is 16.5. The second kappa shape index (κ2) is 11.2. The van der Waals surface area contributed by atoms with Crippen molar-refractivity contribution < 1.29 is 45.0 Å². The number of aliphatic hydroxyl groups excluding tert-OH is 3. The van der Waals surface area contributed by atoms with Crippen molar-refractivity contribution in [2.24, 2.45) is 34.0 Å². The number of hydrogen-bond donors (Lipinski definition) is 7. The minimum atomic E-state index is -1.79. The maximum Gasteiger partial charge on any atom is 0.331 e. The predicted octanol–water partition coefficient (Wildman–Crippen LogP) is 1.44. The predicted molar refractivity (Wildman–Crippen MR) is 176 cm³/mol. The average Bonchev–Trinajstić information content (AvgIpc) is 3.59. The van der Waals surface area contributed by atoms with Gasteiger partial charge >= 0.3 is 5.97 Å². The number of benzene rings is 1. The molecule has 9 rings (SSSR count). The van der Waals surface area contributed by atoms with Gasteiger partial charge in [-0.05, 0) is 99.9 Å². The monoisotopic (exact) mass is 675 g/mol. The van der Waals surface area contributed by atoms with Crippen molar-refractivity contribution in [3.05, 3.63) is 46.5 Å². The Morgan fingerprint density at radius 3 is 2.61 bits per heavy atom. The molecule has 10 heteroatoms. The number of carbonyl (C=O) groups is 2. The van der Waals surface area contributed by atoms with Crippen LogP contribution in [0.2, 0.25) is 0 Å². The third kappa shape index (κ3) is 3.99. The van der Waals surface area contributed by atoms with Crippen LogP contribution in [0.25, 0.3) is 0 Å². The van der Waals surface area contributed by atoms with E-state index in [0.29, 0.717) is 50.5 Å². The van der Waals surface area contributed by atoms with E-state index < -0.39 is 57.1 Å². The standard InChI is InChI=1S/C39H49NO9/c1-40-30-16-27-23(6-4-7-24(27)20-41)5-2-3-10-35-12-9-31-34(21-42)11-8-26(44)19-36(34,46)13-14-38(31,47)39(35,48)18-25-15-28(30)33-29(17-32(45)49-33)37(25,35)22-43/h4,6-7,17,21,25-26,28,30-31,33,40-41,43-44,46-48H,3,8-16,18-20,22H2,1H3/t25-,26+,28-,30-,31+,33-,34-,35-,36+,37-,38+,39-/m1/s1. The van der Waals surface area contributed by atoms with Gasteiger partial charge in [-0.3, -0.25) is 0 Å². The van der Waals surface area contributed by atoms with E-state index >= 15 is 0 Å². The fraction of sp³-hybridized carbons (Fsp3) is 0.692. The van der Waals surface area contributed by atoms with Gasteiger partial charge in [-0.25, -0.2) is 4.79 Å². The Morgan fingerprint density at radius 2 is 1.88 bits per heavy atom. The van der Waals surface area contributed by atoms with Gasteiger partial charge in [-0.1, -0.05) is 24.0 Å². The third-order valence-electron chi connectivity index (χ3n) is 15.3. The number of likely N-dealkylation sites (N-methyl/N-ethyl adjacent to an activating group) is 1. The lowest BCUT2D eigenvalue weighted by molar-refractivity contribution is -0.325. The summed E-state index contributed by atoms with van der Waals surface area (Å²) in [5, 5.41) is 74.9. The van der Waals surface area contributed by atoms with Crippen LogP contribution >= 0.6 is 0 Å². The second-order valence-corrected chi connectivity index (χ2v) is 16.4. The second-order valence-electron chi connectivity index (χ2n) is 16.4. The van der Waals surface area contributed by atoms with E-state index in [1.165, 1.54) is 6.08 Å². The smallest absolute Gasteiger partial charge is 0.331 e. The number of fused-ring (bicyclic) bond motifs is 7. The fourth-order valence-corrected chi connectivity index (χ4v) is 13.2. The number of rotatable bonds is 4. The van der Waals surface area contributed by atoms with Gasteiger partial charge in [0.05, 0.1) is 35.9 Å². The van der Waals surface area contributed by atoms with Crippen molar-refractivity contribution in [3.63, 3.8) is 0 Å². The Hall–Kier alpha value is -2.62. The average molecular weight is 676 g/mol. The fourth-order valence-electron chi connectivity index (χ4n) is 13.2. The molecule has 1 aromatic carbocycles. The van der Waals surface area contributed by atoms with Crippen LogP contribution in [0.1, 0.15) is 87.3 Å². The van der Waals surface area contributed by atoms with Crippen molar-refractivity contribution in [1.29, 1.82) is 0 Å². The maximum absolute atomic E-state index is 13.6. The molecular weight excluding hydrogens is 626 g/mol. The Kier molecular flexibility index (Phi) is 7.65. The molecule has 0 radical (unpaired) electrons. The van der Waals surface area contributed by atoms with Crippen LogP contribution in [0.15, 0.2) is 29.8 Å². The first-order chi connectivity index (χ1) is 23.4. The quantitative estimate of drug-likeness (QED) is 0.140. The van der Waals surface area contributed by atoms with Crippen LogP contribution < -0.4 is 5.32 Å². The molecule has 8 aliphatic rings. The van der Waals surface area contributed by atoms with Crippen molar-refractivity contribution >= 4 is 12.3 Å². The molecule has 0 unspecified atom stereocenters. The largest absolute Gasteiger partial charge is 0.454 e. The molecule has 12 atom stereocenters. The molecule has 264 valence electrons. The highest BCUT2D eigenvalue weighted by Gasteiger charge is 2.84. The number of hydrogen-bond acceptors (Lipinski definition) is 10. The molecule has 1 heterocycles. The van der Waals surface area contributed by atoms with Crippen molar-refractivity contribution in [2.45, 2.75) is 119 Å². The summed E-state index contributed by atoms with van der Waals surface area (Å²) in [5.41, 5.74) is -5.47. The molecule has 0 amide bonds. The molecule has 7 N–H and O–H groups in total. The number of nitrogens with one attached hydrogen (secondary N) is 1. The van der Waals surface area contributed by atoms with Crippen LogP contribution in [0.5, 0.6) is 0 Å². The highest BCUT2D eigenvalue weighted by Crippen LogP contribution is 2.79. The van der Waals surface area contributed by atoms with Crippen LogP contribution in [-0.4, -0.2) is 91.6 Å². The maximum atomic E-state index is 13.6. The summed E-state index contributed by atoms with van der Waals surface area (Å²) in [4.78, 5) is 26.5. The minimum Gasteiger partial charge on any atom is -0.454 e. The van der Waals surface area contributed by atoms with E-state index in [2.05, 4.69) is 17.2 Å². The topological polar surface area (TPSA) is 177 Å². The molecule has 5 saturated carbocycles. The van der Waals surface area contributed by atoms with E-state index in [0.717, 1.165) is 23.0 Å². The van der Waals surface area contributed by atoms with Crippen LogP contribution in [0.4, 0.5) is 0 Å². The summed E-state index contributed by atoms with van der Waals surface area (Å²) in [6.07, 6.45) is 4.02. The lowest BCUT2D eigenvalue weighted by Crippen LogP contribution is -2.78. The SMILES string of the molecule is CN[C@@H]1Cc2c(cccc2CO)C#CCC[C@]23CC[C@H]4[C@]5(C=O)CC[C@H](O)C[C@@]5(O)CC[C@@]4(O)[C@@]2(O)C[C@H]2C[C@H]1[C@H]1OC(=O)C=C1[C@@]23CO. The van der Waals surface area contributed by atoms with Gasteiger partial charge in [0, 0.05) is 53.2 Å². The number of ether oxygens (including phenoxy) is 1. The van der Waals surface area contributed by atoms with Gasteiger partial charge in [0.1, 0.15) is 18.0 Å². The minimum absolute atomic E-state index is 0.0341. The Morgan fingerprint density at radius 1 is 1.06 bits per heavy atom. The van der Waals surface area contributed by atoms with Crippen molar-refractivity contribution in [1.82, 2.24) is 5.32 Å². The first-order valence-electron chi connectivity index (χ1n) is 18.2. The summed E-state index contributed by atoms with van der Waals surface area (Å²) in [6.45, 7) is -0.494.